The van der Waals surface area contributed by atoms with Gasteiger partial charge in [-0.15, -0.1) is 0 Å². The van der Waals surface area contributed by atoms with Crippen molar-refractivity contribution >= 4 is 32.8 Å². The first-order valence-electron chi connectivity index (χ1n) is 6.01. The Bertz CT molecular complexity index is 889. The van der Waals surface area contributed by atoms with Gasteiger partial charge >= 0.3 is 0 Å². The molecule has 0 aliphatic rings. The van der Waals surface area contributed by atoms with E-state index in [2.05, 4.69) is 17.1 Å². The van der Waals surface area contributed by atoms with Gasteiger partial charge in [0.05, 0.1) is 11.2 Å². The number of rotatable bonds is 0. The molecule has 0 radical (unpaired) electrons. The Morgan fingerprint density at radius 3 is 2.50 bits per heavy atom. The topological polar surface area (TPSA) is 26.0 Å². The summed E-state index contributed by atoms with van der Waals surface area (Å²) in [6.45, 7) is 2.00. The highest BCUT2D eigenvalue weighted by molar-refractivity contribution is 6.18. The molecular formula is C16H11NO. The van der Waals surface area contributed by atoms with Gasteiger partial charge < -0.3 is 4.42 Å². The Balaban J connectivity index is 2.41. The number of pyridine rings is 1. The van der Waals surface area contributed by atoms with Crippen LogP contribution >= 0.6 is 0 Å². The minimum absolute atomic E-state index is 0.898. The molecule has 0 saturated carbocycles. The van der Waals surface area contributed by atoms with Crippen LogP contribution in [0.5, 0.6) is 0 Å². The first-order chi connectivity index (χ1) is 8.84. The smallest absolute Gasteiger partial charge is 0.157 e. The van der Waals surface area contributed by atoms with E-state index in [1.165, 1.54) is 5.39 Å². The Kier molecular flexibility index (Phi) is 1.78. The van der Waals surface area contributed by atoms with Gasteiger partial charge in [0.2, 0.25) is 0 Å². The third kappa shape index (κ3) is 1.15. The van der Waals surface area contributed by atoms with E-state index in [-0.39, 0.29) is 0 Å². The lowest BCUT2D eigenvalue weighted by Gasteiger charge is -2.00. The molecule has 0 aliphatic heterocycles. The Hall–Kier alpha value is -2.35. The summed E-state index contributed by atoms with van der Waals surface area (Å²) >= 11 is 0. The fourth-order valence-electron chi connectivity index (χ4n) is 2.58. The molecule has 2 aromatic heterocycles. The Labute approximate surface area is 104 Å². The van der Waals surface area contributed by atoms with E-state index >= 15 is 0 Å². The van der Waals surface area contributed by atoms with Crippen molar-refractivity contribution in [3.63, 3.8) is 0 Å². The van der Waals surface area contributed by atoms with E-state index in [1.807, 2.05) is 43.3 Å². The molecule has 0 saturated heterocycles. The zero-order valence-electron chi connectivity index (χ0n) is 9.97. The summed E-state index contributed by atoms with van der Waals surface area (Å²) in [5.74, 6) is 0. The highest BCUT2D eigenvalue weighted by Gasteiger charge is 2.12. The van der Waals surface area contributed by atoms with Crippen LogP contribution in [0.3, 0.4) is 0 Å². The predicted molar refractivity (Wildman–Crippen MR) is 73.8 cm³/mol. The highest BCUT2D eigenvalue weighted by atomic mass is 16.3. The van der Waals surface area contributed by atoms with Crippen LogP contribution in [-0.2, 0) is 0 Å². The van der Waals surface area contributed by atoms with E-state index in [9.17, 15) is 0 Å². The van der Waals surface area contributed by atoms with E-state index < -0.39 is 0 Å². The summed E-state index contributed by atoms with van der Waals surface area (Å²) in [6, 6.07) is 16.4. The molecule has 0 fully saturated rings. The lowest BCUT2D eigenvalue weighted by Crippen LogP contribution is -1.84. The molecule has 0 atom stereocenters. The van der Waals surface area contributed by atoms with Crippen LogP contribution in [0.25, 0.3) is 32.8 Å². The molecule has 0 aliphatic carbocycles. The summed E-state index contributed by atoms with van der Waals surface area (Å²) in [5, 5.41) is 3.49. The van der Waals surface area contributed by atoms with Crippen molar-refractivity contribution in [2.75, 3.05) is 0 Å². The van der Waals surface area contributed by atoms with Gasteiger partial charge in [0, 0.05) is 16.2 Å². The molecule has 0 N–H and O–H groups in total. The molecule has 0 unspecified atom stereocenters. The van der Waals surface area contributed by atoms with E-state index in [1.54, 1.807) is 0 Å². The van der Waals surface area contributed by atoms with E-state index in [0.717, 1.165) is 33.1 Å². The van der Waals surface area contributed by atoms with Gasteiger partial charge in [-0.3, -0.25) is 0 Å². The van der Waals surface area contributed by atoms with Crippen LogP contribution in [0.1, 0.15) is 5.69 Å². The maximum absolute atomic E-state index is 5.93. The van der Waals surface area contributed by atoms with Gasteiger partial charge in [-0.25, -0.2) is 4.98 Å². The monoisotopic (exact) mass is 233 g/mol. The standard InChI is InChI=1S/C16H11NO/c1-10-16-15(11-6-2-4-8-13(11)17-10)12-7-3-5-9-14(12)18-16/h2-9H,1H3. The summed E-state index contributed by atoms with van der Waals surface area (Å²) in [6.07, 6.45) is 0. The summed E-state index contributed by atoms with van der Waals surface area (Å²) in [5.41, 5.74) is 3.79. The molecule has 4 rings (SSSR count). The molecule has 0 spiro atoms. The van der Waals surface area contributed by atoms with E-state index in [4.69, 9.17) is 4.42 Å². The predicted octanol–water partition coefficient (Wildman–Crippen LogP) is 4.44. The van der Waals surface area contributed by atoms with E-state index in [0.29, 0.717) is 0 Å². The summed E-state index contributed by atoms with van der Waals surface area (Å²) in [7, 11) is 0. The van der Waals surface area contributed by atoms with Gasteiger partial charge in [0.1, 0.15) is 5.58 Å². The second kappa shape index (κ2) is 3.33. The maximum atomic E-state index is 5.93. The lowest BCUT2D eigenvalue weighted by molar-refractivity contribution is 0.663. The number of hydrogen-bond acceptors (Lipinski definition) is 2. The quantitative estimate of drug-likeness (QED) is 0.448. The highest BCUT2D eigenvalue weighted by Crippen LogP contribution is 2.34. The summed E-state index contributed by atoms with van der Waals surface area (Å²) in [4.78, 5) is 4.61. The average molecular weight is 233 g/mol. The van der Waals surface area contributed by atoms with Crippen molar-refractivity contribution in [3.8, 4) is 0 Å². The van der Waals surface area contributed by atoms with Crippen LogP contribution in [0.4, 0.5) is 0 Å². The SMILES string of the molecule is Cc1nc2ccccc2c2c1oc1ccccc12. The fourth-order valence-corrected chi connectivity index (χ4v) is 2.58. The summed E-state index contributed by atoms with van der Waals surface area (Å²) < 4.78 is 5.93. The van der Waals surface area contributed by atoms with Crippen LogP contribution in [0.15, 0.2) is 52.9 Å². The van der Waals surface area contributed by atoms with Crippen molar-refractivity contribution < 1.29 is 4.42 Å². The van der Waals surface area contributed by atoms with Gasteiger partial charge in [-0.1, -0.05) is 36.4 Å². The molecule has 2 aromatic carbocycles. The van der Waals surface area contributed by atoms with Crippen LogP contribution < -0.4 is 0 Å². The van der Waals surface area contributed by atoms with Gasteiger partial charge in [0.15, 0.2) is 5.58 Å². The molecule has 2 heteroatoms. The van der Waals surface area contributed by atoms with Crippen molar-refractivity contribution in [2.24, 2.45) is 0 Å². The molecule has 18 heavy (non-hydrogen) atoms. The minimum Gasteiger partial charge on any atom is -0.454 e. The molecule has 4 aromatic rings. The number of furan rings is 1. The van der Waals surface area contributed by atoms with Crippen molar-refractivity contribution in [3.05, 3.63) is 54.2 Å². The molecule has 2 heterocycles. The number of benzene rings is 2. The number of para-hydroxylation sites is 2. The van der Waals surface area contributed by atoms with Gasteiger partial charge in [-0.05, 0) is 19.1 Å². The lowest BCUT2D eigenvalue weighted by atomic mass is 10.1. The second-order valence-corrected chi connectivity index (χ2v) is 4.52. The Morgan fingerprint density at radius 1 is 0.889 bits per heavy atom. The van der Waals surface area contributed by atoms with Crippen molar-refractivity contribution in [1.82, 2.24) is 4.98 Å². The van der Waals surface area contributed by atoms with Crippen molar-refractivity contribution in [1.29, 1.82) is 0 Å². The average Bonchev–Trinajstić information content (AvgIpc) is 2.79. The normalized spacial score (nSPS) is 11.6. The van der Waals surface area contributed by atoms with Crippen LogP contribution in [-0.4, -0.2) is 4.98 Å². The zero-order chi connectivity index (χ0) is 12.1. The zero-order valence-corrected chi connectivity index (χ0v) is 9.97. The number of aromatic nitrogens is 1. The Morgan fingerprint density at radius 2 is 1.61 bits per heavy atom. The van der Waals surface area contributed by atoms with Gasteiger partial charge in [-0.2, -0.15) is 0 Å². The molecule has 86 valence electrons. The number of aryl methyl sites for hydroxylation is 1. The van der Waals surface area contributed by atoms with Crippen molar-refractivity contribution in [2.45, 2.75) is 6.92 Å². The van der Waals surface area contributed by atoms with Crippen LogP contribution in [0, 0.1) is 6.92 Å². The molecule has 0 amide bonds. The maximum Gasteiger partial charge on any atom is 0.157 e. The number of hydrogen-bond donors (Lipinski definition) is 0. The fraction of sp³-hybridized carbons (Fsp3) is 0.0625. The third-order valence-electron chi connectivity index (χ3n) is 3.39. The molecular weight excluding hydrogens is 222 g/mol. The number of fused-ring (bicyclic) bond motifs is 5. The van der Waals surface area contributed by atoms with Crippen LogP contribution in [0.2, 0.25) is 0 Å². The van der Waals surface area contributed by atoms with Gasteiger partial charge in [0.25, 0.3) is 0 Å². The third-order valence-corrected chi connectivity index (χ3v) is 3.39. The first-order valence-corrected chi connectivity index (χ1v) is 6.01. The minimum atomic E-state index is 0.898. The molecule has 2 nitrogen and oxygen atoms in total. The largest absolute Gasteiger partial charge is 0.454 e. The first kappa shape index (κ1) is 9.66. The number of nitrogens with zero attached hydrogens (tertiary/aromatic N) is 1. The second-order valence-electron chi connectivity index (χ2n) is 4.52. The molecule has 0 bridgehead atoms.